The number of nitrogens with one attached hydrogen (secondary N) is 2. The Bertz CT molecular complexity index is 791. The summed E-state index contributed by atoms with van der Waals surface area (Å²) >= 11 is 0. The van der Waals surface area contributed by atoms with Crippen LogP contribution >= 0.6 is 0 Å². The van der Waals surface area contributed by atoms with Gasteiger partial charge in [0.2, 0.25) is 0 Å². The van der Waals surface area contributed by atoms with Crippen LogP contribution in [0.5, 0.6) is 0 Å². The first kappa shape index (κ1) is 17.3. The van der Waals surface area contributed by atoms with Crippen LogP contribution in [0.4, 0.5) is 24.5 Å². The number of nitro benzene ring substituents is 1. The van der Waals surface area contributed by atoms with Gasteiger partial charge in [-0.05, 0) is 31.2 Å². The van der Waals surface area contributed by atoms with E-state index in [0.717, 1.165) is 11.6 Å². The molecule has 0 aromatic heterocycles. The fraction of sp³-hybridized carbons (Fsp3) is 0.133. The first-order valence-electron chi connectivity index (χ1n) is 6.67. The molecular formula is C15H12F3N3O3. The van der Waals surface area contributed by atoms with Crippen LogP contribution in [0.3, 0.4) is 0 Å². The highest BCUT2D eigenvalue weighted by atomic mass is 19.4. The highest BCUT2D eigenvalue weighted by Crippen LogP contribution is 2.34. The smallest absolute Gasteiger partial charge is 0.292 e. The molecule has 24 heavy (non-hydrogen) atoms. The topological polar surface area (TPSA) is 84.3 Å². The van der Waals surface area contributed by atoms with Gasteiger partial charge in [0.15, 0.2) is 0 Å². The summed E-state index contributed by atoms with van der Waals surface area (Å²) in [5.74, 6) is -0.576. The maximum absolute atomic E-state index is 12.6. The van der Waals surface area contributed by atoms with Gasteiger partial charge in [-0.3, -0.25) is 25.8 Å². The van der Waals surface area contributed by atoms with E-state index in [1.165, 1.54) is 6.07 Å². The number of hydrogen-bond acceptors (Lipinski definition) is 4. The predicted molar refractivity (Wildman–Crippen MR) is 80.4 cm³/mol. The third-order valence-electron chi connectivity index (χ3n) is 3.11. The predicted octanol–water partition coefficient (Wildman–Crippen LogP) is 3.68. The van der Waals surface area contributed by atoms with Crippen LogP contribution in [0.15, 0.2) is 42.5 Å². The number of amides is 1. The summed E-state index contributed by atoms with van der Waals surface area (Å²) in [6, 6.07) is 8.55. The maximum Gasteiger partial charge on any atom is 0.416 e. The Kier molecular flexibility index (Phi) is 4.72. The number of benzene rings is 2. The Morgan fingerprint density at radius 1 is 1.17 bits per heavy atom. The number of anilines is 1. The zero-order valence-electron chi connectivity index (χ0n) is 12.3. The molecule has 0 radical (unpaired) electrons. The third-order valence-corrected chi connectivity index (χ3v) is 3.11. The minimum absolute atomic E-state index is 0.256. The summed E-state index contributed by atoms with van der Waals surface area (Å²) in [5.41, 5.74) is 3.44. The van der Waals surface area contributed by atoms with Gasteiger partial charge < -0.3 is 0 Å². The lowest BCUT2D eigenvalue weighted by Gasteiger charge is -2.11. The molecule has 0 fully saturated rings. The second-order valence-corrected chi connectivity index (χ2v) is 4.94. The quantitative estimate of drug-likeness (QED) is 0.657. The molecule has 1 amide bonds. The zero-order valence-corrected chi connectivity index (χ0v) is 12.3. The minimum Gasteiger partial charge on any atom is -0.292 e. The Morgan fingerprint density at radius 2 is 1.88 bits per heavy atom. The first-order chi connectivity index (χ1) is 11.2. The minimum atomic E-state index is -4.70. The molecule has 0 atom stereocenters. The molecule has 9 heteroatoms. The molecule has 2 aromatic rings. The first-order valence-corrected chi connectivity index (χ1v) is 6.67. The van der Waals surface area contributed by atoms with Crippen molar-refractivity contribution in [2.75, 3.05) is 5.43 Å². The summed E-state index contributed by atoms with van der Waals surface area (Å²) in [7, 11) is 0. The number of aryl methyl sites for hydroxylation is 1. The molecule has 0 saturated heterocycles. The molecule has 0 saturated carbocycles. The van der Waals surface area contributed by atoms with Gasteiger partial charge in [0.1, 0.15) is 5.69 Å². The van der Waals surface area contributed by atoms with Gasteiger partial charge in [-0.25, -0.2) is 0 Å². The van der Waals surface area contributed by atoms with E-state index in [0.29, 0.717) is 17.7 Å². The van der Waals surface area contributed by atoms with Crippen LogP contribution in [-0.4, -0.2) is 10.8 Å². The number of alkyl halides is 3. The van der Waals surface area contributed by atoms with Crippen molar-refractivity contribution in [2.45, 2.75) is 13.1 Å². The van der Waals surface area contributed by atoms with Crippen LogP contribution in [0.1, 0.15) is 21.5 Å². The SMILES string of the molecule is Cc1cccc(C(=O)NNc2ccc(C(F)(F)F)cc2[N+](=O)[O-])c1. The highest BCUT2D eigenvalue weighted by molar-refractivity contribution is 5.95. The van der Waals surface area contributed by atoms with E-state index in [-0.39, 0.29) is 5.69 Å². The lowest BCUT2D eigenvalue weighted by atomic mass is 10.1. The lowest BCUT2D eigenvalue weighted by molar-refractivity contribution is -0.384. The molecule has 0 aliphatic heterocycles. The summed E-state index contributed by atoms with van der Waals surface area (Å²) < 4.78 is 37.9. The number of hydrogen-bond donors (Lipinski definition) is 2. The number of hydrazine groups is 1. The molecule has 0 spiro atoms. The number of nitro groups is 1. The van der Waals surface area contributed by atoms with E-state index in [4.69, 9.17) is 0 Å². The molecule has 2 rings (SSSR count). The largest absolute Gasteiger partial charge is 0.416 e. The molecule has 2 aromatic carbocycles. The summed E-state index contributed by atoms with van der Waals surface area (Å²) in [5, 5.41) is 10.9. The van der Waals surface area contributed by atoms with Crippen LogP contribution in [-0.2, 0) is 6.18 Å². The van der Waals surface area contributed by atoms with Crippen molar-refractivity contribution in [3.05, 3.63) is 69.3 Å². The number of carbonyl (C=O) groups is 1. The molecule has 6 nitrogen and oxygen atoms in total. The van der Waals surface area contributed by atoms with Gasteiger partial charge in [0.25, 0.3) is 11.6 Å². The van der Waals surface area contributed by atoms with E-state index in [1.54, 1.807) is 25.1 Å². The summed E-state index contributed by atoms with van der Waals surface area (Å²) in [6.45, 7) is 1.78. The van der Waals surface area contributed by atoms with Crippen molar-refractivity contribution in [2.24, 2.45) is 0 Å². The van der Waals surface area contributed by atoms with Crippen molar-refractivity contribution < 1.29 is 22.9 Å². The van der Waals surface area contributed by atoms with Gasteiger partial charge in [0.05, 0.1) is 10.5 Å². The van der Waals surface area contributed by atoms with Gasteiger partial charge in [-0.2, -0.15) is 13.2 Å². The van der Waals surface area contributed by atoms with E-state index < -0.39 is 28.3 Å². The standard InChI is InChI=1S/C15H12F3N3O3/c1-9-3-2-4-10(7-9)14(22)20-19-12-6-5-11(15(16,17)18)8-13(12)21(23)24/h2-8,19H,1H3,(H,20,22). The van der Waals surface area contributed by atoms with E-state index in [9.17, 15) is 28.1 Å². The van der Waals surface area contributed by atoms with Gasteiger partial charge in [0, 0.05) is 11.6 Å². The van der Waals surface area contributed by atoms with Crippen molar-refractivity contribution in [1.82, 2.24) is 5.43 Å². The third kappa shape index (κ3) is 4.00. The van der Waals surface area contributed by atoms with Gasteiger partial charge >= 0.3 is 6.18 Å². The zero-order chi connectivity index (χ0) is 17.9. The van der Waals surface area contributed by atoms with Gasteiger partial charge in [-0.1, -0.05) is 17.7 Å². The van der Waals surface area contributed by atoms with Crippen LogP contribution < -0.4 is 10.9 Å². The van der Waals surface area contributed by atoms with Crippen molar-refractivity contribution >= 4 is 17.3 Å². The van der Waals surface area contributed by atoms with Crippen molar-refractivity contribution in [3.63, 3.8) is 0 Å². The average molecular weight is 339 g/mol. The number of rotatable bonds is 4. The van der Waals surface area contributed by atoms with Crippen molar-refractivity contribution in [3.8, 4) is 0 Å². The van der Waals surface area contributed by atoms with E-state index in [2.05, 4.69) is 10.9 Å². The molecule has 0 aliphatic carbocycles. The number of halogens is 3. The van der Waals surface area contributed by atoms with Gasteiger partial charge in [-0.15, -0.1) is 0 Å². The van der Waals surface area contributed by atoms with E-state index >= 15 is 0 Å². The molecular weight excluding hydrogens is 327 g/mol. The fourth-order valence-corrected chi connectivity index (χ4v) is 1.95. The Balaban J connectivity index is 2.20. The summed E-state index contributed by atoms with van der Waals surface area (Å²) in [4.78, 5) is 21.9. The molecule has 0 heterocycles. The molecule has 0 bridgehead atoms. The second kappa shape index (κ2) is 6.57. The molecule has 0 aliphatic rings. The maximum atomic E-state index is 12.6. The fourth-order valence-electron chi connectivity index (χ4n) is 1.95. The van der Waals surface area contributed by atoms with Crippen LogP contribution in [0, 0.1) is 17.0 Å². The molecule has 2 N–H and O–H groups in total. The molecule has 0 unspecified atom stereocenters. The Labute approximate surface area is 134 Å². The van der Waals surface area contributed by atoms with E-state index in [1.807, 2.05) is 0 Å². The highest BCUT2D eigenvalue weighted by Gasteiger charge is 2.33. The van der Waals surface area contributed by atoms with Crippen molar-refractivity contribution in [1.29, 1.82) is 0 Å². The average Bonchev–Trinajstić information content (AvgIpc) is 2.51. The summed E-state index contributed by atoms with van der Waals surface area (Å²) in [6.07, 6.45) is -4.70. The van der Waals surface area contributed by atoms with Crippen LogP contribution in [0.25, 0.3) is 0 Å². The number of carbonyl (C=O) groups excluding carboxylic acids is 1. The monoisotopic (exact) mass is 339 g/mol. The lowest BCUT2D eigenvalue weighted by Crippen LogP contribution is -2.29. The Morgan fingerprint density at radius 3 is 2.46 bits per heavy atom. The van der Waals surface area contributed by atoms with Crippen LogP contribution in [0.2, 0.25) is 0 Å². The molecule has 126 valence electrons. The Hall–Kier alpha value is -3.10. The second-order valence-electron chi connectivity index (χ2n) is 4.94. The normalized spacial score (nSPS) is 11.0. The number of nitrogens with zero attached hydrogens (tertiary/aromatic N) is 1.